The van der Waals surface area contributed by atoms with Crippen LogP contribution in [-0.2, 0) is 11.0 Å². The lowest BCUT2D eigenvalue weighted by atomic mass is 9.87. The molecule has 0 radical (unpaired) electrons. The second kappa shape index (κ2) is 7.30. The van der Waals surface area contributed by atoms with Gasteiger partial charge in [-0.15, -0.1) is 11.3 Å². The molecule has 1 amide bonds. The molecule has 1 aliphatic heterocycles. The number of benzene rings is 1. The van der Waals surface area contributed by atoms with Gasteiger partial charge < -0.3 is 10.0 Å². The average Bonchev–Trinajstić information content (AvgIpc) is 3.10. The van der Waals surface area contributed by atoms with Crippen molar-refractivity contribution in [3.8, 4) is 10.6 Å². The summed E-state index contributed by atoms with van der Waals surface area (Å²) in [7, 11) is 0. The van der Waals surface area contributed by atoms with Crippen molar-refractivity contribution in [2.45, 2.75) is 19.5 Å². The number of alkyl halides is 3. The van der Waals surface area contributed by atoms with Crippen molar-refractivity contribution in [3.05, 3.63) is 40.9 Å². The van der Waals surface area contributed by atoms with Gasteiger partial charge in [-0.25, -0.2) is 4.98 Å². The first-order valence-electron chi connectivity index (χ1n) is 8.32. The van der Waals surface area contributed by atoms with Gasteiger partial charge in [0.05, 0.1) is 11.5 Å². The lowest BCUT2D eigenvalue weighted by molar-refractivity contribution is -0.145. The van der Waals surface area contributed by atoms with E-state index in [4.69, 9.17) is 5.11 Å². The lowest BCUT2D eigenvalue weighted by Gasteiger charge is -2.34. The zero-order chi connectivity index (χ0) is 19.8. The van der Waals surface area contributed by atoms with Crippen molar-refractivity contribution in [1.29, 1.82) is 0 Å². The minimum absolute atomic E-state index is 0.161. The van der Waals surface area contributed by atoms with E-state index in [0.717, 1.165) is 23.5 Å². The molecule has 2 heterocycles. The molecule has 144 valence electrons. The van der Waals surface area contributed by atoms with Gasteiger partial charge in [-0.2, -0.15) is 13.2 Å². The van der Waals surface area contributed by atoms with Crippen molar-refractivity contribution in [2.75, 3.05) is 13.1 Å². The molecule has 1 aromatic carbocycles. The van der Waals surface area contributed by atoms with Crippen LogP contribution in [0.5, 0.6) is 0 Å². The molecule has 1 fully saturated rings. The molecular weight excluding hydrogens is 381 g/mol. The maximum Gasteiger partial charge on any atom is 0.416 e. The fourth-order valence-corrected chi connectivity index (χ4v) is 3.98. The summed E-state index contributed by atoms with van der Waals surface area (Å²) in [5.41, 5.74) is -0.312. The SMILES string of the molecule is CC1CN(C(=O)c2csc(-c3cccc(C(F)(F)F)c3)n2)CCC1C(=O)O. The highest BCUT2D eigenvalue weighted by atomic mass is 32.1. The van der Waals surface area contributed by atoms with Crippen LogP contribution in [0.4, 0.5) is 13.2 Å². The number of amides is 1. The van der Waals surface area contributed by atoms with Crippen LogP contribution in [0.25, 0.3) is 10.6 Å². The number of piperidine rings is 1. The van der Waals surface area contributed by atoms with Crippen LogP contribution >= 0.6 is 11.3 Å². The van der Waals surface area contributed by atoms with Crippen LogP contribution in [-0.4, -0.2) is 40.0 Å². The molecule has 0 saturated carbocycles. The number of thiazole rings is 1. The van der Waals surface area contributed by atoms with Crippen molar-refractivity contribution >= 4 is 23.2 Å². The third-order valence-corrected chi connectivity index (χ3v) is 5.56. The summed E-state index contributed by atoms with van der Waals surface area (Å²) in [4.78, 5) is 29.6. The second-order valence-electron chi connectivity index (χ2n) is 6.58. The molecule has 0 aliphatic carbocycles. The highest BCUT2D eigenvalue weighted by molar-refractivity contribution is 7.13. The van der Waals surface area contributed by atoms with Crippen LogP contribution in [0.3, 0.4) is 0 Å². The molecule has 9 heteroatoms. The second-order valence-corrected chi connectivity index (χ2v) is 7.44. The van der Waals surface area contributed by atoms with E-state index in [1.807, 2.05) is 0 Å². The molecular formula is C18H17F3N2O3S. The van der Waals surface area contributed by atoms with Gasteiger partial charge in [0, 0.05) is 24.0 Å². The monoisotopic (exact) mass is 398 g/mol. The van der Waals surface area contributed by atoms with Crippen LogP contribution in [0.2, 0.25) is 0 Å². The zero-order valence-electron chi connectivity index (χ0n) is 14.4. The van der Waals surface area contributed by atoms with Crippen LogP contribution in [0.1, 0.15) is 29.4 Å². The number of carbonyl (C=O) groups excluding carboxylic acids is 1. The van der Waals surface area contributed by atoms with E-state index >= 15 is 0 Å². The Morgan fingerprint density at radius 2 is 2.07 bits per heavy atom. The molecule has 3 rings (SSSR count). The number of aromatic nitrogens is 1. The summed E-state index contributed by atoms with van der Waals surface area (Å²) in [6, 6.07) is 4.81. The number of hydrogen-bond donors (Lipinski definition) is 1. The molecule has 27 heavy (non-hydrogen) atoms. The van der Waals surface area contributed by atoms with E-state index in [1.165, 1.54) is 17.5 Å². The van der Waals surface area contributed by atoms with E-state index in [2.05, 4.69) is 4.98 Å². The van der Waals surface area contributed by atoms with Gasteiger partial charge in [0.25, 0.3) is 5.91 Å². The molecule has 1 aromatic heterocycles. The summed E-state index contributed by atoms with van der Waals surface area (Å²) in [5.74, 6) is -1.86. The van der Waals surface area contributed by atoms with Gasteiger partial charge in [-0.1, -0.05) is 19.1 Å². The van der Waals surface area contributed by atoms with Gasteiger partial charge in [0.2, 0.25) is 0 Å². The first-order chi connectivity index (χ1) is 12.7. The molecule has 1 N–H and O–H groups in total. The number of rotatable bonds is 3. The fraction of sp³-hybridized carbons (Fsp3) is 0.389. The van der Waals surface area contributed by atoms with Crippen LogP contribution in [0, 0.1) is 11.8 Å². The van der Waals surface area contributed by atoms with E-state index in [1.54, 1.807) is 11.8 Å². The average molecular weight is 398 g/mol. The van der Waals surface area contributed by atoms with Crippen molar-refractivity contribution in [2.24, 2.45) is 11.8 Å². The number of hydrogen-bond acceptors (Lipinski definition) is 4. The van der Waals surface area contributed by atoms with Crippen molar-refractivity contribution in [3.63, 3.8) is 0 Å². The summed E-state index contributed by atoms with van der Waals surface area (Å²) in [6.45, 7) is 2.41. The molecule has 1 aliphatic rings. The Kier molecular flexibility index (Phi) is 5.23. The number of carboxylic acid groups (broad SMARTS) is 1. The van der Waals surface area contributed by atoms with Gasteiger partial charge in [-0.05, 0) is 24.5 Å². The Balaban J connectivity index is 1.76. The van der Waals surface area contributed by atoms with Crippen molar-refractivity contribution < 1.29 is 27.9 Å². The van der Waals surface area contributed by atoms with Gasteiger partial charge in [0.15, 0.2) is 0 Å². The molecule has 2 atom stereocenters. The van der Waals surface area contributed by atoms with E-state index < -0.39 is 23.6 Å². The number of halogens is 3. The normalized spacial score (nSPS) is 20.5. The number of carbonyl (C=O) groups is 2. The molecule has 2 unspecified atom stereocenters. The molecule has 1 saturated heterocycles. The smallest absolute Gasteiger partial charge is 0.416 e. The molecule has 0 bridgehead atoms. The standard InChI is InChI=1S/C18H17F3N2O3S/c1-10-8-23(6-5-13(10)17(25)26)16(24)14-9-27-15(22-14)11-3-2-4-12(7-11)18(19,20)21/h2-4,7,9-10,13H,5-6,8H2,1H3,(H,25,26). The quantitative estimate of drug-likeness (QED) is 0.848. The third kappa shape index (κ3) is 4.13. The minimum Gasteiger partial charge on any atom is -0.481 e. The summed E-state index contributed by atoms with van der Waals surface area (Å²) >= 11 is 1.10. The fourth-order valence-electron chi connectivity index (χ4n) is 3.19. The maximum absolute atomic E-state index is 12.9. The predicted octanol–water partition coefficient (Wildman–Crippen LogP) is 4.01. The number of carboxylic acids is 1. The summed E-state index contributed by atoms with van der Waals surface area (Å²) in [6.07, 6.45) is -4.08. The highest BCUT2D eigenvalue weighted by Gasteiger charge is 2.34. The number of nitrogens with zero attached hydrogens (tertiary/aromatic N) is 2. The predicted molar refractivity (Wildman–Crippen MR) is 93.4 cm³/mol. The number of aliphatic carboxylic acids is 1. The first kappa shape index (κ1) is 19.3. The zero-order valence-corrected chi connectivity index (χ0v) is 15.2. The van der Waals surface area contributed by atoms with Gasteiger partial charge in [-0.3, -0.25) is 9.59 Å². The summed E-state index contributed by atoms with van der Waals surface area (Å²) < 4.78 is 38.6. The lowest BCUT2D eigenvalue weighted by Crippen LogP contribution is -2.45. The Hall–Kier alpha value is -2.42. The minimum atomic E-state index is -4.45. The molecule has 2 aromatic rings. The van der Waals surface area contributed by atoms with Gasteiger partial charge in [0.1, 0.15) is 10.7 Å². The molecule has 5 nitrogen and oxygen atoms in total. The Morgan fingerprint density at radius 1 is 1.33 bits per heavy atom. The number of likely N-dealkylation sites (tertiary alicyclic amines) is 1. The maximum atomic E-state index is 12.9. The first-order valence-corrected chi connectivity index (χ1v) is 9.20. The van der Waals surface area contributed by atoms with E-state index in [0.29, 0.717) is 30.1 Å². The van der Waals surface area contributed by atoms with Crippen LogP contribution in [0.15, 0.2) is 29.6 Å². The Bertz CT molecular complexity index is 866. The van der Waals surface area contributed by atoms with Gasteiger partial charge >= 0.3 is 12.1 Å². The highest BCUT2D eigenvalue weighted by Crippen LogP contribution is 2.33. The Morgan fingerprint density at radius 3 is 2.70 bits per heavy atom. The Labute approximate surface area is 157 Å². The summed E-state index contributed by atoms with van der Waals surface area (Å²) in [5, 5.41) is 11.0. The van der Waals surface area contributed by atoms with Crippen molar-refractivity contribution in [1.82, 2.24) is 9.88 Å². The van der Waals surface area contributed by atoms with E-state index in [-0.39, 0.29) is 17.5 Å². The van der Waals surface area contributed by atoms with E-state index in [9.17, 15) is 22.8 Å². The topological polar surface area (TPSA) is 70.5 Å². The largest absolute Gasteiger partial charge is 0.481 e. The van der Waals surface area contributed by atoms with Crippen LogP contribution < -0.4 is 0 Å². The third-order valence-electron chi connectivity index (χ3n) is 4.67. The molecule has 0 spiro atoms.